The van der Waals surface area contributed by atoms with Gasteiger partial charge in [0, 0.05) is 10.6 Å². The molecule has 1 aliphatic rings. The van der Waals surface area contributed by atoms with Crippen molar-refractivity contribution in [2.45, 2.75) is 17.4 Å². The predicted molar refractivity (Wildman–Crippen MR) is 92.1 cm³/mol. The van der Waals surface area contributed by atoms with Gasteiger partial charge in [0.1, 0.15) is 12.1 Å². The molecule has 2 N–H and O–H groups in total. The Bertz CT molecular complexity index is 910. The van der Waals surface area contributed by atoms with E-state index in [9.17, 15) is 9.18 Å². The highest BCUT2D eigenvalue weighted by molar-refractivity contribution is 7.99. The second kappa shape index (κ2) is 6.16. The van der Waals surface area contributed by atoms with Crippen molar-refractivity contribution >= 4 is 28.8 Å². The number of benzene rings is 2. The summed E-state index contributed by atoms with van der Waals surface area (Å²) < 4.78 is 15.1. The van der Waals surface area contributed by atoms with Crippen molar-refractivity contribution in [3.63, 3.8) is 0 Å². The molecule has 0 spiro atoms. The number of thioether (sulfide) groups is 1. The second-order valence-corrected chi connectivity index (χ2v) is 6.70. The summed E-state index contributed by atoms with van der Waals surface area (Å²) in [7, 11) is 0. The van der Waals surface area contributed by atoms with E-state index in [4.69, 9.17) is 0 Å². The summed E-state index contributed by atoms with van der Waals surface area (Å²) in [4.78, 5) is 17.6. The fourth-order valence-electron chi connectivity index (χ4n) is 2.86. The van der Waals surface area contributed by atoms with Crippen molar-refractivity contribution < 1.29 is 9.18 Å². The van der Waals surface area contributed by atoms with Gasteiger partial charge in [-0.1, -0.05) is 12.1 Å². The predicted octanol–water partition coefficient (Wildman–Crippen LogP) is 3.67. The third-order valence-corrected chi connectivity index (χ3v) is 5.11. The molecule has 24 heavy (non-hydrogen) atoms. The smallest absolute Gasteiger partial charge is 0.330 e. The topological polar surface area (TPSA) is 59.0 Å². The Morgan fingerprint density at radius 3 is 3.08 bits per heavy atom. The van der Waals surface area contributed by atoms with Crippen LogP contribution in [0.5, 0.6) is 0 Å². The molecule has 5 nitrogen and oxygen atoms in total. The number of amides is 2. The summed E-state index contributed by atoms with van der Waals surface area (Å²) >= 11 is 1.68. The minimum absolute atomic E-state index is 0.202. The van der Waals surface area contributed by atoms with Crippen LogP contribution < -0.4 is 10.7 Å². The van der Waals surface area contributed by atoms with Crippen molar-refractivity contribution in [1.82, 2.24) is 15.0 Å². The first kappa shape index (κ1) is 15.0. The molecule has 7 heteroatoms. The first-order chi connectivity index (χ1) is 11.7. The largest absolute Gasteiger partial charge is 0.334 e. The zero-order chi connectivity index (χ0) is 16.5. The SMILES string of the molecule is O=C(N[C@@H]1CCSc2ccc(F)cc21)Nn1cnc2ccccc21. The van der Waals surface area contributed by atoms with Gasteiger partial charge >= 0.3 is 6.03 Å². The number of para-hydroxylation sites is 2. The molecule has 1 aromatic heterocycles. The quantitative estimate of drug-likeness (QED) is 0.747. The van der Waals surface area contributed by atoms with Crippen LogP contribution in [-0.2, 0) is 0 Å². The van der Waals surface area contributed by atoms with Crippen LogP contribution in [0.25, 0.3) is 11.0 Å². The summed E-state index contributed by atoms with van der Waals surface area (Å²) in [6.45, 7) is 0. The summed E-state index contributed by atoms with van der Waals surface area (Å²) in [6, 6.07) is 11.7. The van der Waals surface area contributed by atoms with Crippen LogP contribution in [0, 0.1) is 5.82 Å². The van der Waals surface area contributed by atoms with Gasteiger partial charge in [0.05, 0.1) is 17.1 Å². The van der Waals surface area contributed by atoms with Crippen molar-refractivity contribution in [3.8, 4) is 0 Å². The lowest BCUT2D eigenvalue weighted by Crippen LogP contribution is -2.37. The van der Waals surface area contributed by atoms with Gasteiger partial charge in [0.25, 0.3) is 0 Å². The minimum atomic E-state index is -0.342. The Balaban J connectivity index is 1.52. The van der Waals surface area contributed by atoms with E-state index in [0.29, 0.717) is 0 Å². The lowest BCUT2D eigenvalue weighted by atomic mass is 10.0. The first-order valence-corrected chi connectivity index (χ1v) is 8.61. The molecule has 0 aliphatic carbocycles. The number of carbonyl (C=O) groups excluding carboxylic acids is 1. The molecule has 0 bridgehead atoms. The lowest BCUT2D eigenvalue weighted by Gasteiger charge is -2.26. The Morgan fingerprint density at radius 1 is 1.29 bits per heavy atom. The summed E-state index contributed by atoms with van der Waals surface area (Å²) in [6.07, 6.45) is 2.33. The van der Waals surface area contributed by atoms with Gasteiger partial charge in [-0.25, -0.2) is 24.3 Å². The number of hydrogen-bond donors (Lipinski definition) is 2. The van der Waals surface area contributed by atoms with Crippen LogP contribution >= 0.6 is 11.8 Å². The van der Waals surface area contributed by atoms with Gasteiger partial charge in [-0.3, -0.25) is 0 Å². The van der Waals surface area contributed by atoms with Crippen LogP contribution in [0.1, 0.15) is 18.0 Å². The number of rotatable bonds is 2. The van der Waals surface area contributed by atoms with E-state index < -0.39 is 0 Å². The fourth-order valence-corrected chi connectivity index (χ4v) is 3.97. The van der Waals surface area contributed by atoms with Crippen LogP contribution in [0.2, 0.25) is 0 Å². The van der Waals surface area contributed by atoms with E-state index in [1.54, 1.807) is 28.8 Å². The molecule has 1 aliphatic heterocycles. The Kier molecular flexibility index (Phi) is 3.86. The molecule has 3 aromatic rings. The van der Waals surface area contributed by atoms with Gasteiger partial charge in [0.15, 0.2) is 0 Å². The van der Waals surface area contributed by atoms with Crippen LogP contribution in [0.3, 0.4) is 0 Å². The van der Waals surface area contributed by atoms with E-state index in [0.717, 1.165) is 33.7 Å². The highest BCUT2D eigenvalue weighted by Gasteiger charge is 2.23. The van der Waals surface area contributed by atoms with Gasteiger partial charge in [-0.2, -0.15) is 0 Å². The van der Waals surface area contributed by atoms with Crippen molar-refractivity contribution in [3.05, 3.63) is 60.2 Å². The molecule has 0 unspecified atom stereocenters. The van der Waals surface area contributed by atoms with E-state index >= 15 is 0 Å². The lowest BCUT2D eigenvalue weighted by molar-refractivity contribution is 0.245. The monoisotopic (exact) mass is 342 g/mol. The molecule has 2 aromatic carbocycles. The zero-order valence-corrected chi connectivity index (χ0v) is 13.5. The van der Waals surface area contributed by atoms with E-state index in [2.05, 4.69) is 15.7 Å². The number of aromatic nitrogens is 2. The number of nitrogens with one attached hydrogen (secondary N) is 2. The number of nitrogens with zero attached hydrogens (tertiary/aromatic N) is 2. The van der Waals surface area contributed by atoms with Crippen LogP contribution in [-0.4, -0.2) is 21.4 Å². The van der Waals surface area contributed by atoms with E-state index in [-0.39, 0.29) is 17.9 Å². The van der Waals surface area contributed by atoms with Gasteiger partial charge in [0.2, 0.25) is 0 Å². The normalized spacial score (nSPS) is 16.6. The number of carbonyl (C=O) groups is 1. The molecule has 0 fully saturated rings. The summed E-state index contributed by atoms with van der Waals surface area (Å²) in [5, 5.41) is 2.93. The average Bonchev–Trinajstić information content (AvgIpc) is 2.98. The van der Waals surface area contributed by atoms with Crippen molar-refractivity contribution in [2.24, 2.45) is 0 Å². The maximum absolute atomic E-state index is 13.5. The summed E-state index contributed by atoms with van der Waals surface area (Å²) in [5.74, 6) is 0.599. The molecule has 0 radical (unpaired) electrons. The molecular formula is C17H15FN4OS. The van der Waals surface area contributed by atoms with E-state index in [1.807, 2.05) is 24.3 Å². The zero-order valence-electron chi connectivity index (χ0n) is 12.7. The fraction of sp³-hybridized carbons (Fsp3) is 0.176. The van der Waals surface area contributed by atoms with Gasteiger partial charge < -0.3 is 5.32 Å². The number of halogens is 1. The molecule has 122 valence electrons. The van der Waals surface area contributed by atoms with Gasteiger partial charge in [-0.05, 0) is 42.3 Å². The third-order valence-electron chi connectivity index (χ3n) is 3.99. The highest BCUT2D eigenvalue weighted by atomic mass is 32.2. The molecule has 2 heterocycles. The number of fused-ring (bicyclic) bond motifs is 2. The molecule has 0 saturated heterocycles. The Morgan fingerprint density at radius 2 is 2.17 bits per heavy atom. The van der Waals surface area contributed by atoms with Crippen LogP contribution in [0.15, 0.2) is 53.7 Å². The third kappa shape index (κ3) is 2.82. The van der Waals surface area contributed by atoms with Crippen molar-refractivity contribution in [1.29, 1.82) is 0 Å². The first-order valence-electron chi connectivity index (χ1n) is 7.62. The molecule has 0 saturated carbocycles. The number of imidazole rings is 1. The maximum atomic E-state index is 13.5. The Labute approximate surface area is 142 Å². The van der Waals surface area contributed by atoms with Crippen molar-refractivity contribution in [2.75, 3.05) is 11.2 Å². The maximum Gasteiger partial charge on any atom is 0.334 e. The van der Waals surface area contributed by atoms with Gasteiger partial charge in [-0.15, -0.1) is 11.8 Å². The minimum Gasteiger partial charge on any atom is -0.330 e. The van der Waals surface area contributed by atoms with Crippen LogP contribution in [0.4, 0.5) is 9.18 Å². The highest BCUT2D eigenvalue weighted by Crippen LogP contribution is 2.36. The average molecular weight is 342 g/mol. The molecular weight excluding hydrogens is 327 g/mol. The summed E-state index contributed by atoms with van der Waals surface area (Å²) in [5.41, 5.74) is 5.21. The molecule has 2 amide bonds. The number of urea groups is 1. The Hall–Kier alpha value is -2.54. The standard InChI is InChI=1S/C17H15FN4OS/c18-11-5-6-16-12(9-11)13(7-8-24-16)20-17(23)21-22-10-19-14-3-1-2-4-15(14)22/h1-6,9-10,13H,7-8H2,(H2,20,21,23)/t13-/m1/s1. The number of hydrogen-bond acceptors (Lipinski definition) is 3. The molecule has 1 atom stereocenters. The molecule has 4 rings (SSSR count). The second-order valence-electron chi connectivity index (χ2n) is 5.56. The van der Waals surface area contributed by atoms with E-state index in [1.165, 1.54) is 12.1 Å².